The molecule has 9 nitrogen and oxygen atoms in total. The zero-order valence-corrected chi connectivity index (χ0v) is 15.0. The van der Waals surface area contributed by atoms with Gasteiger partial charge in [0.25, 0.3) is 11.6 Å². The second-order valence-electron chi connectivity index (χ2n) is 5.76. The van der Waals surface area contributed by atoms with Crippen molar-refractivity contribution in [3.63, 3.8) is 0 Å². The molecular formula is C19H18N2O7. The highest BCUT2D eigenvalue weighted by molar-refractivity contribution is 6.06. The first-order valence-corrected chi connectivity index (χ1v) is 8.36. The van der Waals surface area contributed by atoms with Gasteiger partial charge in [0.2, 0.25) is 0 Å². The molecule has 0 saturated heterocycles. The number of nitro benzene ring substituents is 1. The van der Waals surface area contributed by atoms with Gasteiger partial charge in [0.05, 0.1) is 22.7 Å². The van der Waals surface area contributed by atoms with Crippen molar-refractivity contribution in [2.75, 3.05) is 6.61 Å². The van der Waals surface area contributed by atoms with E-state index in [1.165, 1.54) is 36.4 Å². The molecule has 0 heterocycles. The van der Waals surface area contributed by atoms with Crippen molar-refractivity contribution in [3.8, 4) is 0 Å². The highest BCUT2D eigenvalue weighted by Crippen LogP contribution is 2.15. The molecule has 146 valence electrons. The van der Waals surface area contributed by atoms with Gasteiger partial charge >= 0.3 is 11.9 Å². The summed E-state index contributed by atoms with van der Waals surface area (Å²) in [4.78, 5) is 46.2. The number of carboxylic acid groups (broad SMARTS) is 1. The van der Waals surface area contributed by atoms with Gasteiger partial charge in [-0.15, -0.1) is 0 Å². The summed E-state index contributed by atoms with van der Waals surface area (Å²) in [5, 5.41) is 22.5. The van der Waals surface area contributed by atoms with Crippen LogP contribution in [-0.4, -0.2) is 40.5 Å². The number of nitro groups is 1. The van der Waals surface area contributed by atoms with E-state index >= 15 is 0 Å². The number of non-ortho nitro benzene ring substituents is 1. The number of aliphatic carboxylic acids is 1. The number of nitrogens with one attached hydrogen (secondary N) is 1. The molecule has 0 spiro atoms. The van der Waals surface area contributed by atoms with E-state index in [4.69, 9.17) is 4.74 Å². The minimum Gasteiger partial charge on any atom is -0.480 e. The second kappa shape index (κ2) is 9.26. The fourth-order valence-corrected chi connectivity index (χ4v) is 2.49. The predicted octanol–water partition coefficient (Wildman–Crippen LogP) is 2.20. The quantitative estimate of drug-likeness (QED) is 0.403. The number of carboxylic acids is 1. The summed E-state index contributed by atoms with van der Waals surface area (Å²) >= 11 is 0. The fraction of sp³-hybridized carbons (Fsp3) is 0.211. The molecule has 2 aromatic rings. The minimum atomic E-state index is -1.29. The van der Waals surface area contributed by atoms with E-state index in [0.717, 1.165) is 0 Å². The second-order valence-corrected chi connectivity index (χ2v) is 5.76. The molecule has 2 aromatic carbocycles. The molecule has 0 fully saturated rings. The molecule has 2 N–H and O–H groups in total. The maximum Gasteiger partial charge on any atom is 0.338 e. The van der Waals surface area contributed by atoms with Crippen molar-refractivity contribution in [1.82, 2.24) is 5.32 Å². The molecule has 28 heavy (non-hydrogen) atoms. The van der Waals surface area contributed by atoms with Crippen molar-refractivity contribution in [1.29, 1.82) is 0 Å². The Morgan fingerprint density at radius 3 is 2.25 bits per heavy atom. The van der Waals surface area contributed by atoms with E-state index in [2.05, 4.69) is 5.32 Å². The highest BCUT2D eigenvalue weighted by Gasteiger charge is 2.24. The van der Waals surface area contributed by atoms with Crippen molar-refractivity contribution in [3.05, 3.63) is 75.3 Å². The van der Waals surface area contributed by atoms with Crippen LogP contribution < -0.4 is 5.32 Å². The van der Waals surface area contributed by atoms with Gasteiger partial charge in [-0.05, 0) is 24.6 Å². The Bertz CT molecular complexity index is 893. The van der Waals surface area contributed by atoms with Gasteiger partial charge < -0.3 is 15.2 Å². The third kappa shape index (κ3) is 5.13. The monoisotopic (exact) mass is 386 g/mol. The smallest absolute Gasteiger partial charge is 0.338 e. The summed E-state index contributed by atoms with van der Waals surface area (Å²) in [5.74, 6) is -2.70. The van der Waals surface area contributed by atoms with Crippen molar-refractivity contribution in [2.45, 2.75) is 19.4 Å². The van der Waals surface area contributed by atoms with Gasteiger partial charge in [0.15, 0.2) is 0 Å². The molecule has 0 bridgehead atoms. The molecule has 0 saturated carbocycles. The normalized spacial score (nSPS) is 11.3. The molecule has 1 atom stereocenters. The van der Waals surface area contributed by atoms with Crippen LogP contribution >= 0.6 is 0 Å². The fourth-order valence-electron chi connectivity index (χ4n) is 2.49. The molecule has 9 heteroatoms. The number of ether oxygens (including phenoxy) is 1. The molecule has 0 aliphatic rings. The number of carbonyl (C=O) groups excluding carboxylic acids is 2. The van der Waals surface area contributed by atoms with Gasteiger partial charge in [-0.3, -0.25) is 14.9 Å². The lowest BCUT2D eigenvalue weighted by molar-refractivity contribution is -0.384. The van der Waals surface area contributed by atoms with E-state index in [1.807, 2.05) is 0 Å². The SMILES string of the molecule is CCOC(=O)c1ccccc1C(=O)N[C@@H](Cc1ccc([N+](=O)[O-])cc1)C(=O)O. The number of hydrogen-bond donors (Lipinski definition) is 2. The summed E-state index contributed by atoms with van der Waals surface area (Å²) < 4.78 is 4.91. The number of esters is 1. The van der Waals surface area contributed by atoms with Crippen LogP contribution in [0.5, 0.6) is 0 Å². The number of hydrogen-bond acceptors (Lipinski definition) is 6. The highest BCUT2D eigenvalue weighted by atomic mass is 16.6. The Hall–Kier alpha value is -3.75. The van der Waals surface area contributed by atoms with Crippen LogP contribution in [0.4, 0.5) is 5.69 Å². The van der Waals surface area contributed by atoms with Crippen LogP contribution in [0.25, 0.3) is 0 Å². The minimum absolute atomic E-state index is 0.00380. The Morgan fingerprint density at radius 2 is 1.71 bits per heavy atom. The zero-order valence-electron chi connectivity index (χ0n) is 15.0. The van der Waals surface area contributed by atoms with E-state index in [0.29, 0.717) is 5.56 Å². The van der Waals surface area contributed by atoms with E-state index in [-0.39, 0.29) is 29.8 Å². The predicted molar refractivity (Wildman–Crippen MR) is 98.1 cm³/mol. The van der Waals surface area contributed by atoms with Crippen LogP contribution in [0, 0.1) is 10.1 Å². The Balaban J connectivity index is 2.18. The average molecular weight is 386 g/mol. The number of benzene rings is 2. The Kier molecular flexibility index (Phi) is 6.80. The van der Waals surface area contributed by atoms with Gasteiger partial charge in [-0.25, -0.2) is 9.59 Å². The van der Waals surface area contributed by atoms with E-state index < -0.39 is 28.8 Å². The zero-order chi connectivity index (χ0) is 20.7. The summed E-state index contributed by atoms with van der Waals surface area (Å²) in [6, 6.07) is 9.99. The first-order valence-electron chi connectivity index (χ1n) is 8.36. The summed E-state index contributed by atoms with van der Waals surface area (Å²) in [5.41, 5.74) is 0.400. The molecule has 1 amide bonds. The van der Waals surface area contributed by atoms with Crippen LogP contribution in [-0.2, 0) is 16.0 Å². The lowest BCUT2D eigenvalue weighted by atomic mass is 10.0. The van der Waals surface area contributed by atoms with Crippen molar-refractivity contribution in [2.24, 2.45) is 0 Å². The van der Waals surface area contributed by atoms with Gasteiger partial charge in [-0.1, -0.05) is 24.3 Å². The van der Waals surface area contributed by atoms with E-state index in [1.54, 1.807) is 19.1 Å². The summed E-state index contributed by atoms with van der Waals surface area (Å²) in [7, 11) is 0. The third-order valence-electron chi connectivity index (χ3n) is 3.86. The molecular weight excluding hydrogens is 368 g/mol. The van der Waals surface area contributed by atoms with E-state index in [9.17, 15) is 29.6 Å². The first-order chi connectivity index (χ1) is 13.3. The third-order valence-corrected chi connectivity index (χ3v) is 3.86. The molecule has 0 aliphatic heterocycles. The molecule has 0 radical (unpaired) electrons. The number of carbonyl (C=O) groups is 3. The molecule has 0 aliphatic carbocycles. The summed E-state index contributed by atoms with van der Waals surface area (Å²) in [6.45, 7) is 1.76. The largest absolute Gasteiger partial charge is 0.480 e. The standard InChI is InChI=1S/C19H18N2O7/c1-2-28-19(25)15-6-4-3-5-14(15)17(22)20-16(18(23)24)11-12-7-9-13(10-8-12)21(26)27/h3-10,16H,2,11H2,1H3,(H,20,22)(H,23,24)/t16-/m0/s1. The molecule has 0 aromatic heterocycles. The van der Waals surface area contributed by atoms with Crippen LogP contribution in [0.2, 0.25) is 0 Å². The maximum atomic E-state index is 12.6. The topological polar surface area (TPSA) is 136 Å². The first kappa shape index (κ1) is 20.6. The molecule has 0 unspecified atom stereocenters. The summed E-state index contributed by atoms with van der Waals surface area (Å²) in [6.07, 6.45) is -0.0827. The van der Waals surface area contributed by atoms with Crippen molar-refractivity contribution < 1.29 is 29.2 Å². The molecule has 2 rings (SSSR count). The van der Waals surface area contributed by atoms with Gasteiger partial charge in [0.1, 0.15) is 6.04 Å². The average Bonchev–Trinajstić information content (AvgIpc) is 2.67. The Labute approximate surface area is 160 Å². The number of amides is 1. The van der Waals surface area contributed by atoms with Crippen LogP contribution in [0.3, 0.4) is 0 Å². The van der Waals surface area contributed by atoms with Crippen molar-refractivity contribution >= 4 is 23.5 Å². The lowest BCUT2D eigenvalue weighted by Crippen LogP contribution is -2.42. The van der Waals surface area contributed by atoms with Crippen LogP contribution in [0.1, 0.15) is 33.2 Å². The van der Waals surface area contributed by atoms with Gasteiger partial charge in [0, 0.05) is 18.6 Å². The number of rotatable bonds is 8. The van der Waals surface area contributed by atoms with Crippen LogP contribution in [0.15, 0.2) is 48.5 Å². The number of nitrogens with zero attached hydrogens (tertiary/aromatic N) is 1. The lowest BCUT2D eigenvalue weighted by Gasteiger charge is -2.16. The maximum absolute atomic E-state index is 12.6. The Morgan fingerprint density at radius 1 is 1.11 bits per heavy atom. The van der Waals surface area contributed by atoms with Gasteiger partial charge in [-0.2, -0.15) is 0 Å².